The molecular formula is C20H24ClN3O2. The summed E-state index contributed by atoms with van der Waals surface area (Å²) in [5, 5.41) is 0.553. The Labute approximate surface area is 159 Å². The van der Waals surface area contributed by atoms with E-state index in [9.17, 15) is 9.59 Å². The number of rotatable bonds is 2. The molecule has 2 heterocycles. The monoisotopic (exact) mass is 373 g/mol. The molecule has 6 heteroatoms. The lowest BCUT2D eigenvalue weighted by atomic mass is 10.2. The third-order valence-corrected chi connectivity index (χ3v) is 5.38. The first-order chi connectivity index (χ1) is 12.4. The maximum absolute atomic E-state index is 12.9. The van der Waals surface area contributed by atoms with E-state index in [-0.39, 0.29) is 11.8 Å². The molecule has 0 unspecified atom stereocenters. The molecule has 1 fully saturated rings. The van der Waals surface area contributed by atoms with Crippen LogP contribution in [0.2, 0.25) is 5.02 Å². The van der Waals surface area contributed by atoms with Gasteiger partial charge < -0.3 is 14.4 Å². The minimum absolute atomic E-state index is 0.0338. The summed E-state index contributed by atoms with van der Waals surface area (Å²) < 4.78 is 2.03. The lowest BCUT2D eigenvalue weighted by Gasteiger charge is -2.22. The van der Waals surface area contributed by atoms with E-state index >= 15 is 0 Å². The zero-order chi connectivity index (χ0) is 18.8. The summed E-state index contributed by atoms with van der Waals surface area (Å²) >= 11 is 6.00. The van der Waals surface area contributed by atoms with Crippen molar-refractivity contribution in [3.05, 3.63) is 57.9 Å². The van der Waals surface area contributed by atoms with Crippen molar-refractivity contribution in [2.24, 2.45) is 7.05 Å². The molecule has 1 saturated heterocycles. The minimum atomic E-state index is -0.0338. The summed E-state index contributed by atoms with van der Waals surface area (Å²) in [4.78, 5) is 29.3. The van der Waals surface area contributed by atoms with Gasteiger partial charge in [-0.2, -0.15) is 0 Å². The fourth-order valence-corrected chi connectivity index (χ4v) is 3.56. The molecule has 0 atom stereocenters. The standard InChI is InChI=1S/C20H24ClN3O2/c1-14-12-18(15(2)22(14)3)20(26)24-9-5-8-23(10-11-24)19(25)16-6-4-7-17(21)13-16/h4,6-7,12-13H,5,8-11H2,1-3H3. The van der Waals surface area contributed by atoms with Gasteiger partial charge in [0, 0.05) is 55.2 Å². The van der Waals surface area contributed by atoms with Crippen LogP contribution in [0.1, 0.15) is 38.5 Å². The minimum Gasteiger partial charge on any atom is -0.351 e. The van der Waals surface area contributed by atoms with Crippen LogP contribution in [0.25, 0.3) is 0 Å². The van der Waals surface area contributed by atoms with Crippen LogP contribution in [-0.4, -0.2) is 52.4 Å². The second-order valence-corrected chi connectivity index (χ2v) is 7.23. The van der Waals surface area contributed by atoms with Crippen molar-refractivity contribution in [2.75, 3.05) is 26.2 Å². The summed E-state index contributed by atoms with van der Waals surface area (Å²) in [6, 6.07) is 8.94. The highest BCUT2D eigenvalue weighted by Crippen LogP contribution is 2.18. The molecule has 138 valence electrons. The molecule has 0 saturated carbocycles. The van der Waals surface area contributed by atoms with Gasteiger partial charge in [-0.3, -0.25) is 9.59 Å². The number of aromatic nitrogens is 1. The first kappa shape index (κ1) is 18.5. The Morgan fingerprint density at radius 3 is 2.19 bits per heavy atom. The number of aryl methyl sites for hydroxylation is 1. The number of halogens is 1. The van der Waals surface area contributed by atoms with Crippen LogP contribution >= 0.6 is 11.6 Å². The van der Waals surface area contributed by atoms with Crippen molar-refractivity contribution in [3.63, 3.8) is 0 Å². The molecule has 0 radical (unpaired) electrons. The predicted molar refractivity (Wildman–Crippen MR) is 103 cm³/mol. The van der Waals surface area contributed by atoms with E-state index in [0.29, 0.717) is 36.8 Å². The van der Waals surface area contributed by atoms with Gasteiger partial charge in [0.25, 0.3) is 11.8 Å². The van der Waals surface area contributed by atoms with Gasteiger partial charge in [-0.1, -0.05) is 17.7 Å². The topological polar surface area (TPSA) is 45.6 Å². The van der Waals surface area contributed by atoms with Crippen LogP contribution in [0, 0.1) is 13.8 Å². The van der Waals surface area contributed by atoms with Crippen molar-refractivity contribution >= 4 is 23.4 Å². The van der Waals surface area contributed by atoms with Gasteiger partial charge in [-0.05, 0) is 44.5 Å². The number of carbonyl (C=O) groups is 2. The zero-order valence-corrected chi connectivity index (χ0v) is 16.2. The average molecular weight is 374 g/mol. The van der Waals surface area contributed by atoms with Crippen LogP contribution in [0.3, 0.4) is 0 Å². The van der Waals surface area contributed by atoms with E-state index in [0.717, 1.165) is 23.4 Å². The van der Waals surface area contributed by atoms with E-state index in [4.69, 9.17) is 11.6 Å². The Morgan fingerprint density at radius 1 is 0.962 bits per heavy atom. The molecule has 5 nitrogen and oxygen atoms in total. The van der Waals surface area contributed by atoms with Gasteiger partial charge in [0.05, 0.1) is 5.56 Å². The van der Waals surface area contributed by atoms with Gasteiger partial charge >= 0.3 is 0 Å². The van der Waals surface area contributed by atoms with Crippen LogP contribution in [0.5, 0.6) is 0 Å². The average Bonchev–Trinajstić information content (AvgIpc) is 2.83. The Hall–Kier alpha value is -2.27. The molecule has 2 aromatic rings. The molecule has 1 aliphatic rings. The summed E-state index contributed by atoms with van der Waals surface area (Å²) in [5.41, 5.74) is 3.38. The van der Waals surface area contributed by atoms with Gasteiger partial charge in [-0.15, -0.1) is 0 Å². The molecule has 0 spiro atoms. The van der Waals surface area contributed by atoms with Gasteiger partial charge in [0.2, 0.25) is 0 Å². The predicted octanol–water partition coefficient (Wildman–Crippen LogP) is 3.28. The molecule has 26 heavy (non-hydrogen) atoms. The maximum Gasteiger partial charge on any atom is 0.255 e. The molecule has 3 rings (SSSR count). The SMILES string of the molecule is Cc1cc(C(=O)N2CCCN(C(=O)c3cccc(Cl)c3)CC2)c(C)n1C. The summed E-state index contributed by atoms with van der Waals surface area (Å²) in [5.74, 6) is 0.0109. The highest BCUT2D eigenvalue weighted by Gasteiger charge is 2.25. The lowest BCUT2D eigenvalue weighted by molar-refractivity contribution is 0.0718. The maximum atomic E-state index is 12.9. The lowest BCUT2D eigenvalue weighted by Crippen LogP contribution is -2.37. The largest absolute Gasteiger partial charge is 0.351 e. The van der Waals surface area contributed by atoms with E-state index in [1.54, 1.807) is 24.3 Å². The highest BCUT2D eigenvalue weighted by molar-refractivity contribution is 6.30. The molecule has 1 aromatic carbocycles. The van der Waals surface area contributed by atoms with Crippen LogP contribution in [0.15, 0.2) is 30.3 Å². The van der Waals surface area contributed by atoms with Gasteiger partial charge in [0.15, 0.2) is 0 Å². The van der Waals surface area contributed by atoms with Crippen molar-refractivity contribution in [3.8, 4) is 0 Å². The summed E-state index contributed by atoms with van der Waals surface area (Å²) in [6.45, 7) is 6.33. The van der Waals surface area contributed by atoms with Crippen molar-refractivity contribution in [1.82, 2.24) is 14.4 Å². The van der Waals surface area contributed by atoms with Gasteiger partial charge in [0.1, 0.15) is 0 Å². The van der Waals surface area contributed by atoms with Crippen molar-refractivity contribution in [1.29, 1.82) is 0 Å². The Morgan fingerprint density at radius 2 is 1.62 bits per heavy atom. The number of nitrogens with zero attached hydrogens (tertiary/aromatic N) is 3. The molecule has 0 bridgehead atoms. The van der Waals surface area contributed by atoms with E-state index in [1.807, 2.05) is 41.3 Å². The Kier molecular flexibility index (Phi) is 5.37. The molecule has 1 aromatic heterocycles. The van der Waals surface area contributed by atoms with E-state index in [1.165, 1.54) is 0 Å². The number of carbonyl (C=O) groups excluding carboxylic acids is 2. The fourth-order valence-electron chi connectivity index (χ4n) is 3.37. The first-order valence-corrected chi connectivity index (χ1v) is 9.23. The second-order valence-electron chi connectivity index (χ2n) is 6.79. The fraction of sp³-hybridized carbons (Fsp3) is 0.400. The number of hydrogen-bond donors (Lipinski definition) is 0. The summed E-state index contributed by atoms with van der Waals surface area (Å²) in [7, 11) is 1.97. The van der Waals surface area contributed by atoms with Crippen molar-refractivity contribution < 1.29 is 9.59 Å². The first-order valence-electron chi connectivity index (χ1n) is 8.85. The number of amides is 2. The highest BCUT2D eigenvalue weighted by atomic mass is 35.5. The van der Waals surface area contributed by atoms with Gasteiger partial charge in [-0.25, -0.2) is 0 Å². The van der Waals surface area contributed by atoms with E-state index in [2.05, 4.69) is 0 Å². The molecule has 2 amide bonds. The molecule has 0 N–H and O–H groups in total. The number of benzene rings is 1. The summed E-state index contributed by atoms with van der Waals surface area (Å²) in [6.07, 6.45) is 0.767. The Bertz CT molecular complexity index is 844. The second kappa shape index (κ2) is 7.54. The molecule has 1 aliphatic heterocycles. The molecular weight excluding hydrogens is 350 g/mol. The van der Waals surface area contributed by atoms with E-state index < -0.39 is 0 Å². The number of hydrogen-bond acceptors (Lipinski definition) is 2. The third kappa shape index (κ3) is 3.63. The van der Waals surface area contributed by atoms with Crippen LogP contribution in [-0.2, 0) is 7.05 Å². The zero-order valence-electron chi connectivity index (χ0n) is 15.5. The van der Waals surface area contributed by atoms with Crippen LogP contribution in [0.4, 0.5) is 0 Å². The van der Waals surface area contributed by atoms with Crippen LogP contribution < -0.4 is 0 Å². The third-order valence-electron chi connectivity index (χ3n) is 5.15. The Balaban J connectivity index is 1.71. The molecule has 0 aliphatic carbocycles. The normalized spacial score (nSPS) is 15.1. The van der Waals surface area contributed by atoms with Crippen molar-refractivity contribution in [2.45, 2.75) is 20.3 Å². The smallest absolute Gasteiger partial charge is 0.255 e. The quantitative estimate of drug-likeness (QED) is 0.810.